The lowest BCUT2D eigenvalue weighted by molar-refractivity contribution is -0.131. The summed E-state index contributed by atoms with van der Waals surface area (Å²) in [6, 6.07) is 11.5. The largest absolute Gasteiger partial charge is 0.491 e. The van der Waals surface area contributed by atoms with Gasteiger partial charge in [-0.3, -0.25) is 28.8 Å². The average Bonchev–Trinajstić information content (AvgIpc) is 3.39. The predicted molar refractivity (Wildman–Crippen MR) is 154 cm³/mol. The summed E-state index contributed by atoms with van der Waals surface area (Å²) in [5, 5.41) is 10.6. The third-order valence-corrected chi connectivity index (χ3v) is 7.17. The van der Waals surface area contributed by atoms with E-state index in [1.807, 2.05) is 29.2 Å². The average molecular weight is 593 g/mol. The molecule has 2 atom stereocenters. The van der Waals surface area contributed by atoms with E-state index in [1.165, 1.54) is 6.07 Å². The number of fused-ring (bicyclic) bond motifs is 1. The number of hydrogen-bond acceptors (Lipinski definition) is 7. The van der Waals surface area contributed by atoms with Crippen LogP contribution in [0.3, 0.4) is 0 Å². The zero-order valence-electron chi connectivity index (χ0n) is 23.7. The first-order chi connectivity index (χ1) is 20.7. The minimum atomic E-state index is -1.29. The van der Waals surface area contributed by atoms with Gasteiger partial charge < -0.3 is 36.6 Å². The predicted octanol–water partition coefficient (Wildman–Crippen LogP) is -0.127. The summed E-state index contributed by atoms with van der Waals surface area (Å²) in [6.07, 6.45) is 0.777. The molecule has 2 aromatic carbocycles. The first-order valence-electron chi connectivity index (χ1n) is 14.2. The maximum absolute atomic E-state index is 13.3. The van der Waals surface area contributed by atoms with Crippen molar-refractivity contribution in [3.05, 3.63) is 65.2 Å². The van der Waals surface area contributed by atoms with Crippen LogP contribution in [0.1, 0.15) is 53.6 Å². The minimum Gasteiger partial charge on any atom is -0.491 e. The molecule has 1 fully saturated rings. The molecule has 13 heteroatoms. The van der Waals surface area contributed by atoms with Gasteiger partial charge in [0.1, 0.15) is 24.4 Å². The molecule has 1 saturated heterocycles. The maximum atomic E-state index is 13.3. The lowest BCUT2D eigenvalue weighted by Gasteiger charge is -2.23. The van der Waals surface area contributed by atoms with Crippen molar-refractivity contribution in [3.63, 3.8) is 0 Å². The van der Waals surface area contributed by atoms with Crippen molar-refractivity contribution in [1.29, 1.82) is 0 Å². The van der Waals surface area contributed by atoms with Crippen LogP contribution in [0.4, 0.5) is 0 Å². The standard InChI is InChI=1S/C30H36N6O7/c31-25(37)12-11-22-29(41)32-13-15-43-24-5-2-1-4-21(24)28(40)35-23(16-26(38)34-22)30(42)33-17-19-7-9-20(10-8-19)18-36-14-3-6-27(36)39/h1-2,4-5,7-10,22-23H,3,6,11-18H2,(H2,31,37)(H,32,41)(H,33,42)(H,34,38)(H,35,40)/t22-,23-/m0/s1. The molecule has 6 N–H and O–H groups in total. The molecule has 0 radical (unpaired) electrons. The minimum absolute atomic E-state index is 0.0313. The van der Waals surface area contributed by atoms with E-state index >= 15 is 0 Å². The van der Waals surface area contributed by atoms with Crippen LogP contribution in [-0.2, 0) is 37.1 Å². The Hall–Kier alpha value is -4.94. The monoisotopic (exact) mass is 592 g/mol. The van der Waals surface area contributed by atoms with Crippen molar-refractivity contribution in [1.82, 2.24) is 26.2 Å². The molecule has 0 spiro atoms. The van der Waals surface area contributed by atoms with E-state index < -0.39 is 48.0 Å². The Balaban J connectivity index is 1.47. The number of ether oxygens (including phenoxy) is 1. The van der Waals surface area contributed by atoms with Gasteiger partial charge in [0.25, 0.3) is 5.91 Å². The molecule has 0 aromatic heterocycles. The highest BCUT2D eigenvalue weighted by Gasteiger charge is 2.29. The molecular weight excluding hydrogens is 556 g/mol. The van der Waals surface area contributed by atoms with Crippen molar-refractivity contribution >= 4 is 35.4 Å². The summed E-state index contributed by atoms with van der Waals surface area (Å²) >= 11 is 0. The Kier molecular flexibility index (Phi) is 10.7. The third-order valence-electron chi connectivity index (χ3n) is 7.17. The zero-order valence-corrected chi connectivity index (χ0v) is 23.7. The van der Waals surface area contributed by atoms with Gasteiger partial charge in [0.15, 0.2) is 0 Å². The molecule has 4 rings (SSSR count). The van der Waals surface area contributed by atoms with Crippen molar-refractivity contribution < 1.29 is 33.5 Å². The number of nitrogens with two attached hydrogens (primary N) is 1. The van der Waals surface area contributed by atoms with Crippen molar-refractivity contribution in [3.8, 4) is 5.75 Å². The fraction of sp³-hybridized carbons (Fsp3) is 0.400. The van der Waals surface area contributed by atoms with E-state index in [0.717, 1.165) is 24.1 Å². The van der Waals surface area contributed by atoms with Crippen LogP contribution >= 0.6 is 0 Å². The summed E-state index contributed by atoms with van der Waals surface area (Å²) in [7, 11) is 0. The lowest BCUT2D eigenvalue weighted by Crippen LogP contribution is -2.52. The smallest absolute Gasteiger partial charge is 0.255 e. The fourth-order valence-electron chi connectivity index (χ4n) is 4.84. The van der Waals surface area contributed by atoms with E-state index in [1.54, 1.807) is 18.2 Å². The molecule has 2 aliphatic rings. The van der Waals surface area contributed by atoms with E-state index in [2.05, 4.69) is 21.3 Å². The molecule has 0 aliphatic carbocycles. The second-order valence-electron chi connectivity index (χ2n) is 10.4. The highest BCUT2D eigenvalue weighted by Crippen LogP contribution is 2.19. The topological polar surface area (TPSA) is 189 Å². The van der Waals surface area contributed by atoms with Crippen molar-refractivity contribution in [2.45, 2.75) is 57.3 Å². The molecule has 0 unspecified atom stereocenters. The summed E-state index contributed by atoms with van der Waals surface area (Å²) in [6.45, 7) is 1.51. The van der Waals surface area contributed by atoms with Gasteiger partial charge in [-0.25, -0.2) is 0 Å². The maximum Gasteiger partial charge on any atom is 0.255 e. The molecular formula is C30H36N6O7. The number of carbonyl (C=O) groups excluding carboxylic acids is 6. The quantitative estimate of drug-likeness (QED) is 0.282. The number of nitrogens with zero attached hydrogens (tertiary/aromatic N) is 1. The van der Waals surface area contributed by atoms with E-state index in [0.29, 0.717) is 13.0 Å². The number of carbonyl (C=O) groups is 6. The van der Waals surface area contributed by atoms with Crippen LogP contribution in [0.15, 0.2) is 48.5 Å². The zero-order chi connectivity index (χ0) is 30.8. The van der Waals surface area contributed by atoms with Crippen LogP contribution < -0.4 is 31.7 Å². The molecule has 43 heavy (non-hydrogen) atoms. The van der Waals surface area contributed by atoms with Gasteiger partial charge >= 0.3 is 0 Å². The van der Waals surface area contributed by atoms with Crippen LogP contribution in [0, 0.1) is 0 Å². The third kappa shape index (κ3) is 9.02. The van der Waals surface area contributed by atoms with Gasteiger partial charge in [-0.05, 0) is 36.1 Å². The van der Waals surface area contributed by atoms with Gasteiger partial charge in [-0.15, -0.1) is 0 Å². The number of primary amides is 1. The molecule has 6 amide bonds. The van der Waals surface area contributed by atoms with E-state index in [9.17, 15) is 28.8 Å². The van der Waals surface area contributed by atoms with Crippen LogP contribution in [0.25, 0.3) is 0 Å². The van der Waals surface area contributed by atoms with E-state index in [4.69, 9.17) is 10.5 Å². The van der Waals surface area contributed by atoms with Gasteiger partial charge in [0.2, 0.25) is 29.5 Å². The molecule has 2 aromatic rings. The highest BCUT2D eigenvalue weighted by molar-refractivity contribution is 6.01. The molecule has 228 valence electrons. The highest BCUT2D eigenvalue weighted by atomic mass is 16.5. The second kappa shape index (κ2) is 14.8. The summed E-state index contributed by atoms with van der Waals surface area (Å²) < 4.78 is 5.70. The van der Waals surface area contributed by atoms with Crippen molar-refractivity contribution in [2.75, 3.05) is 19.7 Å². The summed E-state index contributed by atoms with van der Waals surface area (Å²) in [5.74, 6) is -2.69. The van der Waals surface area contributed by atoms with Gasteiger partial charge in [-0.1, -0.05) is 36.4 Å². The Morgan fingerprint density at radius 1 is 1.00 bits per heavy atom. The molecule has 2 aliphatic heterocycles. The SMILES string of the molecule is NC(=O)CC[C@@H]1NC(=O)C[C@@H](C(=O)NCc2ccc(CN3CCCC3=O)cc2)NC(=O)c2ccccc2OCCNC1=O. The molecule has 13 nitrogen and oxygen atoms in total. The van der Waals surface area contributed by atoms with Gasteiger partial charge in [0.05, 0.1) is 18.5 Å². The Labute approximate surface area is 248 Å². The normalized spacial score (nSPS) is 19.7. The number of likely N-dealkylation sites (tertiary alicyclic amines) is 1. The fourth-order valence-corrected chi connectivity index (χ4v) is 4.84. The van der Waals surface area contributed by atoms with Crippen molar-refractivity contribution in [2.24, 2.45) is 5.73 Å². The first-order valence-corrected chi connectivity index (χ1v) is 14.2. The second-order valence-corrected chi connectivity index (χ2v) is 10.4. The first kappa shape index (κ1) is 31.0. The lowest BCUT2D eigenvalue weighted by atomic mass is 10.1. The number of benzene rings is 2. The number of rotatable bonds is 8. The van der Waals surface area contributed by atoms with Crippen LogP contribution in [0.2, 0.25) is 0 Å². The Bertz CT molecular complexity index is 1360. The molecule has 0 bridgehead atoms. The summed E-state index contributed by atoms with van der Waals surface area (Å²) in [4.78, 5) is 77.3. The number of nitrogens with one attached hydrogen (secondary N) is 4. The number of amides is 6. The summed E-state index contributed by atoms with van der Waals surface area (Å²) in [5.41, 5.74) is 7.15. The van der Waals surface area contributed by atoms with Gasteiger partial charge in [-0.2, -0.15) is 0 Å². The Morgan fingerprint density at radius 3 is 2.47 bits per heavy atom. The Morgan fingerprint density at radius 2 is 1.74 bits per heavy atom. The van der Waals surface area contributed by atoms with Crippen LogP contribution in [-0.4, -0.2) is 72.1 Å². The number of hydrogen-bond donors (Lipinski definition) is 5. The molecule has 0 saturated carbocycles. The van der Waals surface area contributed by atoms with E-state index in [-0.39, 0.29) is 49.8 Å². The van der Waals surface area contributed by atoms with Gasteiger partial charge in [0, 0.05) is 32.5 Å². The molecule has 2 heterocycles. The van der Waals surface area contributed by atoms with Crippen LogP contribution in [0.5, 0.6) is 5.75 Å². The number of para-hydroxylation sites is 1.